The smallest absolute Gasteiger partial charge is 0.396 e. The Morgan fingerprint density at radius 1 is 1.09 bits per heavy atom. The molecule has 0 heterocycles. The number of non-ortho nitro benzene ring substituents is 1. The van der Waals surface area contributed by atoms with Gasteiger partial charge in [-0.15, -0.1) is 0 Å². The molecule has 0 spiro atoms. The van der Waals surface area contributed by atoms with E-state index >= 15 is 0 Å². The molecule has 0 aliphatic carbocycles. The lowest BCUT2D eigenvalue weighted by Crippen LogP contribution is -2.11. The molecule has 0 aromatic heterocycles. The first-order valence-electron chi connectivity index (χ1n) is 5.40. The summed E-state index contributed by atoms with van der Waals surface area (Å²) in [6.45, 7) is 0. The summed E-state index contributed by atoms with van der Waals surface area (Å²) in [5.41, 5.74) is -4.48. The minimum Gasteiger partial charge on any atom is -0.396 e. The van der Waals surface area contributed by atoms with E-state index in [1.807, 2.05) is 0 Å². The first-order valence-corrected chi connectivity index (χ1v) is 6.86. The molecule has 0 radical (unpaired) electrons. The van der Waals surface area contributed by atoms with Gasteiger partial charge in [-0.1, -0.05) is 0 Å². The number of benzene rings is 1. The molecule has 0 bridgehead atoms. The maximum atomic E-state index is 13.0. The lowest BCUT2D eigenvalue weighted by atomic mass is 10.1. The van der Waals surface area contributed by atoms with Crippen molar-refractivity contribution in [3.8, 4) is 5.75 Å². The Kier molecular flexibility index (Phi) is 5.30. The number of phosphoric acid groups is 1. The molecule has 1 aromatic carbocycles. The number of nitro groups is 2. The summed E-state index contributed by atoms with van der Waals surface area (Å²) >= 11 is 0. The third-order valence-corrected chi connectivity index (χ3v) is 3.72. The van der Waals surface area contributed by atoms with E-state index in [0.717, 1.165) is 14.2 Å². The normalized spacial score (nSPS) is 12.0. The van der Waals surface area contributed by atoms with E-state index in [1.165, 1.54) is 0 Å². The number of hydrogen-bond acceptors (Lipinski definition) is 8. The molecule has 1 aromatic rings. The van der Waals surface area contributed by atoms with Crippen molar-refractivity contribution in [3.05, 3.63) is 37.9 Å². The maximum absolute atomic E-state index is 13.0. The molecule has 0 atom stereocenters. The Hall–Kier alpha value is -2.24. The zero-order valence-corrected chi connectivity index (χ0v) is 12.3. The molecule has 128 valence electrons. The van der Waals surface area contributed by atoms with E-state index in [-0.39, 0.29) is 12.1 Å². The van der Waals surface area contributed by atoms with E-state index in [4.69, 9.17) is 0 Å². The molecule has 14 heteroatoms. The Labute approximate surface area is 125 Å². The zero-order valence-electron chi connectivity index (χ0n) is 11.4. The van der Waals surface area contributed by atoms with Crippen LogP contribution >= 0.6 is 7.82 Å². The van der Waals surface area contributed by atoms with Crippen molar-refractivity contribution in [3.63, 3.8) is 0 Å². The van der Waals surface area contributed by atoms with Crippen molar-refractivity contribution in [2.75, 3.05) is 14.2 Å². The van der Waals surface area contributed by atoms with Crippen molar-refractivity contribution < 1.29 is 41.2 Å². The molecule has 23 heavy (non-hydrogen) atoms. The Bertz CT molecular complexity index is 684. The number of nitro benzene ring substituents is 2. The summed E-state index contributed by atoms with van der Waals surface area (Å²) in [7, 11) is -3.03. The fraction of sp³-hybridized carbons (Fsp3) is 0.333. The maximum Gasteiger partial charge on any atom is 0.529 e. The molecular formula is C9H8F3N2O8P. The molecule has 0 saturated carbocycles. The van der Waals surface area contributed by atoms with E-state index in [2.05, 4.69) is 13.6 Å². The predicted octanol–water partition coefficient (Wildman–Crippen LogP) is 3.30. The first kappa shape index (κ1) is 18.8. The average Bonchev–Trinajstić information content (AvgIpc) is 2.45. The Morgan fingerprint density at radius 3 is 1.96 bits per heavy atom. The highest BCUT2D eigenvalue weighted by Crippen LogP contribution is 2.54. The number of rotatable bonds is 6. The summed E-state index contributed by atoms with van der Waals surface area (Å²) in [5.74, 6) is -1.51. The van der Waals surface area contributed by atoms with Gasteiger partial charge in [0.2, 0.25) is 5.75 Å². The minimum absolute atomic E-state index is 0.0119. The van der Waals surface area contributed by atoms with Gasteiger partial charge in [0.05, 0.1) is 15.9 Å². The molecule has 0 saturated heterocycles. The molecule has 1 rings (SSSR count). The molecule has 0 amide bonds. The van der Waals surface area contributed by atoms with E-state index in [0.29, 0.717) is 0 Å². The molecular weight excluding hydrogens is 352 g/mol. The van der Waals surface area contributed by atoms with E-state index in [9.17, 15) is 38.0 Å². The van der Waals surface area contributed by atoms with Crippen molar-refractivity contribution in [1.29, 1.82) is 0 Å². The van der Waals surface area contributed by atoms with Crippen LogP contribution in [0.5, 0.6) is 5.75 Å². The third kappa shape index (κ3) is 4.15. The second-order valence-corrected chi connectivity index (χ2v) is 5.56. The average molecular weight is 360 g/mol. The molecule has 0 N–H and O–H groups in total. The first-order chi connectivity index (χ1) is 10.4. The van der Waals surface area contributed by atoms with Crippen LogP contribution in [0.3, 0.4) is 0 Å². The van der Waals surface area contributed by atoms with Crippen molar-refractivity contribution in [2.24, 2.45) is 0 Å². The molecule has 0 aliphatic rings. The molecule has 0 aliphatic heterocycles. The fourth-order valence-electron chi connectivity index (χ4n) is 1.41. The van der Waals surface area contributed by atoms with Crippen molar-refractivity contribution in [2.45, 2.75) is 6.18 Å². The minimum atomic E-state index is -5.27. The van der Waals surface area contributed by atoms with Gasteiger partial charge in [0.25, 0.3) is 5.69 Å². The second-order valence-electron chi connectivity index (χ2n) is 3.76. The van der Waals surface area contributed by atoms with Gasteiger partial charge in [0, 0.05) is 20.3 Å². The standard InChI is InChI=1S/C9H8F3N2O8P/c1-20-23(19,21-2)22-8-6(9(10,11)12)3-5(13(15)16)4-7(8)14(17)18/h3-4H,1-2H3. The van der Waals surface area contributed by atoms with Crippen LogP contribution in [0.1, 0.15) is 5.56 Å². The summed E-state index contributed by atoms with van der Waals surface area (Å²) < 4.78 is 63.8. The van der Waals surface area contributed by atoms with Gasteiger partial charge in [-0.2, -0.15) is 13.2 Å². The number of alkyl halides is 3. The van der Waals surface area contributed by atoms with Crippen LogP contribution in [0.2, 0.25) is 0 Å². The van der Waals surface area contributed by atoms with Crippen LogP contribution in [-0.2, 0) is 19.8 Å². The van der Waals surface area contributed by atoms with Crippen molar-refractivity contribution in [1.82, 2.24) is 0 Å². The number of hydrogen-bond donors (Lipinski definition) is 0. The fourth-order valence-corrected chi connectivity index (χ4v) is 2.12. The van der Waals surface area contributed by atoms with Crippen LogP contribution in [0.15, 0.2) is 12.1 Å². The second kappa shape index (κ2) is 6.48. The van der Waals surface area contributed by atoms with Gasteiger partial charge in [0.1, 0.15) is 5.56 Å². The molecule has 0 unspecified atom stereocenters. The topological polar surface area (TPSA) is 131 Å². The van der Waals surface area contributed by atoms with Crippen molar-refractivity contribution >= 4 is 19.2 Å². The summed E-state index contributed by atoms with van der Waals surface area (Å²) in [6.07, 6.45) is -5.27. The monoisotopic (exact) mass is 360 g/mol. The largest absolute Gasteiger partial charge is 0.529 e. The summed E-state index contributed by atoms with van der Waals surface area (Å²) in [5, 5.41) is 21.5. The quantitative estimate of drug-likeness (QED) is 0.429. The van der Waals surface area contributed by atoms with Crippen LogP contribution in [0.25, 0.3) is 0 Å². The number of nitrogens with zero attached hydrogens (tertiary/aromatic N) is 2. The third-order valence-electron chi connectivity index (χ3n) is 2.42. The number of phosphoric ester groups is 1. The lowest BCUT2D eigenvalue weighted by Gasteiger charge is -2.17. The van der Waals surface area contributed by atoms with Crippen LogP contribution in [-0.4, -0.2) is 24.1 Å². The molecule has 10 nitrogen and oxygen atoms in total. The highest BCUT2D eigenvalue weighted by atomic mass is 31.2. The lowest BCUT2D eigenvalue weighted by molar-refractivity contribution is -0.395. The van der Waals surface area contributed by atoms with Gasteiger partial charge < -0.3 is 4.52 Å². The van der Waals surface area contributed by atoms with Gasteiger partial charge in [-0.05, 0) is 0 Å². The van der Waals surface area contributed by atoms with Gasteiger partial charge >= 0.3 is 19.7 Å². The highest BCUT2D eigenvalue weighted by molar-refractivity contribution is 7.48. The van der Waals surface area contributed by atoms with Crippen LogP contribution < -0.4 is 4.52 Å². The van der Waals surface area contributed by atoms with E-state index in [1.54, 1.807) is 0 Å². The SMILES string of the molecule is COP(=O)(OC)Oc1c([N+](=O)[O-])cc([N+](=O)[O-])cc1C(F)(F)F. The van der Waals surface area contributed by atoms with Crippen LogP contribution in [0, 0.1) is 20.2 Å². The number of halogens is 3. The molecule has 0 fully saturated rings. The Morgan fingerprint density at radius 2 is 1.61 bits per heavy atom. The van der Waals surface area contributed by atoms with E-state index < -0.39 is 46.5 Å². The Balaban J connectivity index is 3.73. The van der Waals surface area contributed by atoms with Gasteiger partial charge in [-0.3, -0.25) is 29.3 Å². The van der Waals surface area contributed by atoms with Crippen LogP contribution in [0.4, 0.5) is 24.5 Å². The zero-order chi connectivity index (χ0) is 18.0. The summed E-state index contributed by atoms with van der Waals surface area (Å²) in [4.78, 5) is 18.9. The van der Waals surface area contributed by atoms with Gasteiger partial charge in [0.15, 0.2) is 0 Å². The van der Waals surface area contributed by atoms with Gasteiger partial charge in [-0.25, -0.2) is 4.57 Å². The highest BCUT2D eigenvalue weighted by Gasteiger charge is 2.43. The predicted molar refractivity (Wildman–Crippen MR) is 67.0 cm³/mol. The summed E-state index contributed by atoms with van der Waals surface area (Å²) in [6, 6.07) is 0.248.